The fourth-order valence-electron chi connectivity index (χ4n) is 8.40. The van der Waals surface area contributed by atoms with Gasteiger partial charge < -0.3 is 120 Å². The zero-order chi connectivity index (χ0) is 50.6. The summed E-state index contributed by atoms with van der Waals surface area (Å²) in [7, 11) is 0.892. The van der Waals surface area contributed by atoms with Gasteiger partial charge in [0.15, 0.2) is 12.6 Å². The van der Waals surface area contributed by atoms with Crippen molar-refractivity contribution in [2.45, 2.75) is 147 Å². The molecule has 0 saturated carbocycles. The number of benzene rings is 1. The molecule has 16 N–H and O–H groups in total. The Hall–Kier alpha value is -2.93. The second-order valence-corrected chi connectivity index (χ2v) is 16.6. The first kappa shape index (κ1) is 56.0. The quantitative estimate of drug-likeness (QED) is 0.0607. The largest absolute Gasteiger partial charge is 0.471 e. The molecule has 4 fully saturated rings. The Labute approximate surface area is 383 Å². The summed E-state index contributed by atoms with van der Waals surface area (Å²) in [4.78, 5) is 24.8. The number of esters is 1. The van der Waals surface area contributed by atoms with Crippen molar-refractivity contribution in [3.05, 3.63) is 29.8 Å². The van der Waals surface area contributed by atoms with Crippen LogP contribution in [-0.4, -0.2) is 263 Å². The summed E-state index contributed by atoms with van der Waals surface area (Å²) in [6, 6.07) is 4.89. The average Bonchev–Trinajstić information content (AvgIpc) is 3.31. The third kappa shape index (κ3) is 12.0. The molecular formula is C39H58F3NO25. The maximum absolute atomic E-state index is 13.5. The van der Waals surface area contributed by atoms with E-state index in [-0.39, 0.29) is 12.1 Å². The molecule has 5 rings (SSSR count). The molecule has 4 heterocycles. The van der Waals surface area contributed by atoms with Gasteiger partial charge in [0.25, 0.3) is 5.79 Å². The molecule has 0 spiro atoms. The van der Waals surface area contributed by atoms with Crippen LogP contribution in [-0.2, 0) is 53.9 Å². The number of nitrogens with one attached hydrogen (secondary N) is 1. The number of carbonyl (C=O) groups excluding carboxylic acids is 2. The monoisotopic (exact) mass is 997 g/mol. The third-order valence-corrected chi connectivity index (χ3v) is 12.1. The van der Waals surface area contributed by atoms with Crippen LogP contribution in [0.3, 0.4) is 0 Å². The number of aliphatic hydroxyl groups excluding tert-OH is 15. The van der Waals surface area contributed by atoms with Gasteiger partial charge in [0, 0.05) is 18.0 Å². The van der Waals surface area contributed by atoms with Crippen LogP contribution >= 0.6 is 0 Å². The second-order valence-electron chi connectivity index (χ2n) is 16.6. The van der Waals surface area contributed by atoms with Crippen molar-refractivity contribution < 1.29 is 137 Å². The van der Waals surface area contributed by atoms with Gasteiger partial charge in [-0.15, -0.1) is 0 Å². The van der Waals surface area contributed by atoms with Gasteiger partial charge in [-0.1, -0.05) is 12.1 Å². The molecule has 1 aromatic rings. The topological polar surface area (TPSA) is 423 Å². The number of rotatable bonds is 18. The van der Waals surface area contributed by atoms with E-state index < -0.39 is 192 Å². The predicted octanol–water partition coefficient (Wildman–Crippen LogP) is -8.05. The molecule has 4 saturated heterocycles. The Kier molecular flexibility index (Phi) is 19.4. The number of aliphatic hydroxyl groups is 15. The SMILES string of the molecule is COC(=O)[C@@]1(OCCc2ccc(NC(=O)C(F)(F)F)cc2)C[C@@H](O)[C@@H]([C@H]2O[C@H]([C@@H](O)CO)[C@@H](O[C@@H]3O[C@H](CO)[C@@H](O)[C@H](O)[C@H]3O)[C@H](O)[C@@H]2O[C@H]2O[C@H]([C@@H](O)CO)[C@@H](O)[C@H](O)[C@@H]2O)[C@@H]([C@H](O)CO)O1. The Balaban J connectivity index is 1.52. The van der Waals surface area contributed by atoms with E-state index in [4.69, 9.17) is 37.9 Å². The van der Waals surface area contributed by atoms with E-state index in [2.05, 4.69) is 0 Å². The highest BCUT2D eigenvalue weighted by molar-refractivity contribution is 5.94. The first-order valence-electron chi connectivity index (χ1n) is 21.1. The predicted molar refractivity (Wildman–Crippen MR) is 209 cm³/mol. The van der Waals surface area contributed by atoms with E-state index in [9.17, 15) is 99.4 Å². The standard InChI is InChI=1S/C39H58F3NO25/c1-61-37(60)38(62-7-6-13-2-4-14(5-3-13)43-36(59)39(40,41)42)8-15(48)20(28(68-38)16(49)9-44)31-33(67-35-26(57)23(54)24(55)29(65-35)17(50)10-45)27(58)32(30(64-31)18(51)11-46)66-34-25(56)22(53)21(52)19(12-47)63-34/h2-5,15-35,44-58H,6-12H2,1H3,(H,43,59)/t15-,16-,17+,18+,19-,20-,21-,22+,23+,24+,25-,26+,27+,28-,29-,30-,31-,32+,33+,34+,35-,38-/m1/s1. The highest BCUT2D eigenvalue weighted by Crippen LogP contribution is 2.44. The molecule has 4 aliphatic rings. The lowest BCUT2D eigenvalue weighted by Gasteiger charge is -2.55. The van der Waals surface area contributed by atoms with E-state index in [1.165, 1.54) is 12.1 Å². The van der Waals surface area contributed by atoms with E-state index in [0.29, 0.717) is 5.56 Å². The zero-order valence-electron chi connectivity index (χ0n) is 35.8. The van der Waals surface area contributed by atoms with Gasteiger partial charge >= 0.3 is 18.1 Å². The number of halogens is 3. The van der Waals surface area contributed by atoms with Crippen LogP contribution in [0.25, 0.3) is 0 Å². The summed E-state index contributed by atoms with van der Waals surface area (Å²) in [5.74, 6) is -8.11. The fraction of sp³-hybridized carbons (Fsp3) is 0.795. The van der Waals surface area contributed by atoms with Crippen molar-refractivity contribution in [3.8, 4) is 0 Å². The minimum absolute atomic E-state index is 0.122. The number of alkyl halides is 3. The van der Waals surface area contributed by atoms with Crippen molar-refractivity contribution in [2.24, 2.45) is 5.92 Å². The van der Waals surface area contributed by atoms with E-state index >= 15 is 0 Å². The molecule has 29 heteroatoms. The maximum atomic E-state index is 13.5. The van der Waals surface area contributed by atoms with Gasteiger partial charge in [-0.2, -0.15) is 13.2 Å². The zero-order valence-corrected chi connectivity index (χ0v) is 35.8. The van der Waals surface area contributed by atoms with Gasteiger partial charge in [0.1, 0.15) is 91.6 Å². The molecule has 1 amide bonds. The molecule has 390 valence electrons. The first-order valence-corrected chi connectivity index (χ1v) is 21.1. The van der Waals surface area contributed by atoms with Crippen LogP contribution in [0.2, 0.25) is 0 Å². The molecule has 4 aliphatic heterocycles. The molecule has 22 atom stereocenters. The lowest BCUT2D eigenvalue weighted by molar-refractivity contribution is -0.386. The van der Waals surface area contributed by atoms with E-state index in [0.717, 1.165) is 19.2 Å². The smallest absolute Gasteiger partial charge is 0.465 e. The van der Waals surface area contributed by atoms with Gasteiger partial charge in [-0.3, -0.25) is 4.79 Å². The molecule has 0 aromatic heterocycles. The molecule has 0 aliphatic carbocycles. The van der Waals surface area contributed by atoms with Crippen molar-refractivity contribution in [1.29, 1.82) is 0 Å². The number of hydrogen-bond donors (Lipinski definition) is 16. The number of hydrogen-bond acceptors (Lipinski definition) is 25. The molecular weight excluding hydrogens is 939 g/mol. The van der Waals surface area contributed by atoms with Crippen molar-refractivity contribution in [2.75, 3.05) is 45.5 Å². The Morgan fingerprint density at radius 2 is 1.26 bits per heavy atom. The van der Waals surface area contributed by atoms with Crippen LogP contribution < -0.4 is 5.32 Å². The van der Waals surface area contributed by atoms with Gasteiger partial charge in [0.2, 0.25) is 0 Å². The highest BCUT2D eigenvalue weighted by Gasteiger charge is 2.63. The Morgan fingerprint density at radius 1 is 0.721 bits per heavy atom. The minimum atomic E-state index is -5.16. The first-order chi connectivity index (χ1) is 32.0. The second kappa shape index (κ2) is 23.5. The maximum Gasteiger partial charge on any atom is 0.471 e. The van der Waals surface area contributed by atoms with Crippen LogP contribution in [0.4, 0.5) is 18.9 Å². The molecule has 0 radical (unpaired) electrons. The van der Waals surface area contributed by atoms with E-state index in [1.807, 2.05) is 0 Å². The third-order valence-electron chi connectivity index (χ3n) is 12.1. The fourth-order valence-corrected chi connectivity index (χ4v) is 8.40. The number of methoxy groups -OCH3 is 1. The van der Waals surface area contributed by atoms with Gasteiger partial charge in [-0.05, 0) is 24.1 Å². The summed E-state index contributed by atoms with van der Waals surface area (Å²) in [6.07, 6.45) is -47.9. The van der Waals surface area contributed by atoms with Gasteiger partial charge in [-0.25, -0.2) is 4.79 Å². The van der Waals surface area contributed by atoms with Crippen LogP contribution in [0.5, 0.6) is 0 Å². The molecule has 68 heavy (non-hydrogen) atoms. The normalized spacial score (nSPS) is 40.5. The van der Waals surface area contributed by atoms with Crippen LogP contribution in [0.15, 0.2) is 24.3 Å². The lowest BCUT2D eigenvalue weighted by Crippen LogP contribution is -2.72. The summed E-state index contributed by atoms with van der Waals surface area (Å²) in [5.41, 5.74) is 0.153. The highest BCUT2D eigenvalue weighted by atomic mass is 19.4. The van der Waals surface area contributed by atoms with E-state index in [1.54, 1.807) is 5.32 Å². The summed E-state index contributed by atoms with van der Waals surface area (Å²) in [5, 5.41) is 162. The molecule has 0 unspecified atom stereocenters. The van der Waals surface area contributed by atoms with Crippen LogP contribution in [0, 0.1) is 5.92 Å². The number of amides is 1. The number of anilines is 1. The lowest BCUT2D eigenvalue weighted by atomic mass is 9.76. The number of carbonyl (C=O) groups is 2. The van der Waals surface area contributed by atoms with Crippen molar-refractivity contribution in [1.82, 2.24) is 0 Å². The minimum Gasteiger partial charge on any atom is -0.465 e. The molecule has 0 bridgehead atoms. The Morgan fingerprint density at radius 3 is 1.82 bits per heavy atom. The summed E-state index contributed by atoms with van der Waals surface area (Å²) in [6.45, 7) is -4.90. The molecule has 1 aromatic carbocycles. The molecule has 26 nitrogen and oxygen atoms in total. The average molecular weight is 998 g/mol. The summed E-state index contributed by atoms with van der Waals surface area (Å²) < 4.78 is 83.8. The van der Waals surface area contributed by atoms with Crippen LogP contribution in [0.1, 0.15) is 12.0 Å². The van der Waals surface area contributed by atoms with Crippen molar-refractivity contribution >= 4 is 17.6 Å². The number of ether oxygens (including phenoxy) is 8. The summed E-state index contributed by atoms with van der Waals surface area (Å²) >= 11 is 0. The Bertz CT molecular complexity index is 1770. The van der Waals surface area contributed by atoms with Crippen molar-refractivity contribution in [3.63, 3.8) is 0 Å². The van der Waals surface area contributed by atoms with Gasteiger partial charge in [0.05, 0.1) is 58.5 Å².